The molecule has 2 fully saturated rings. The molecule has 5 heteroatoms. The molecule has 0 bridgehead atoms. The predicted molar refractivity (Wildman–Crippen MR) is 88.6 cm³/mol. The molecule has 1 aromatic carbocycles. The molecule has 0 spiro atoms. The number of anilines is 1. The fourth-order valence-electron chi connectivity index (χ4n) is 3.89. The number of rotatable bonds is 2. The molecule has 1 saturated carbocycles. The van der Waals surface area contributed by atoms with Gasteiger partial charge in [0.25, 0.3) is 5.91 Å². The van der Waals surface area contributed by atoms with Crippen LogP contribution in [0, 0.1) is 11.8 Å². The molecule has 1 aliphatic heterocycles. The Morgan fingerprint density at radius 1 is 1.09 bits per heavy atom. The van der Waals surface area contributed by atoms with Gasteiger partial charge in [-0.25, -0.2) is 4.98 Å². The van der Waals surface area contributed by atoms with Gasteiger partial charge in [0.2, 0.25) is 0 Å². The number of aromatic nitrogens is 2. The van der Waals surface area contributed by atoms with Crippen molar-refractivity contribution in [3.05, 3.63) is 42.2 Å². The van der Waals surface area contributed by atoms with Crippen LogP contribution in [0.3, 0.4) is 0 Å². The van der Waals surface area contributed by atoms with Crippen molar-refractivity contribution in [2.75, 3.05) is 18.8 Å². The highest BCUT2D eigenvalue weighted by Gasteiger charge is 2.38. The van der Waals surface area contributed by atoms with Gasteiger partial charge in [-0.1, -0.05) is 18.6 Å². The van der Waals surface area contributed by atoms with E-state index >= 15 is 0 Å². The van der Waals surface area contributed by atoms with Crippen LogP contribution in [0.15, 0.2) is 36.7 Å². The normalized spacial score (nSPS) is 23.0. The number of carbonyl (C=O) groups is 1. The number of carbonyl (C=O) groups excluding carboxylic acids is 1. The van der Waals surface area contributed by atoms with Crippen LogP contribution in [0.2, 0.25) is 0 Å². The van der Waals surface area contributed by atoms with Crippen LogP contribution in [0.25, 0.3) is 11.3 Å². The van der Waals surface area contributed by atoms with Crippen molar-refractivity contribution in [1.29, 1.82) is 0 Å². The van der Waals surface area contributed by atoms with E-state index in [1.807, 2.05) is 29.2 Å². The van der Waals surface area contributed by atoms with Crippen LogP contribution >= 0.6 is 0 Å². The second kappa shape index (κ2) is 5.65. The molecule has 2 aliphatic rings. The summed E-state index contributed by atoms with van der Waals surface area (Å²) in [6.07, 6.45) is 7.08. The van der Waals surface area contributed by atoms with Crippen molar-refractivity contribution in [2.45, 2.75) is 19.3 Å². The maximum atomic E-state index is 12.7. The molecular formula is C18H20N4O. The number of hydrogen-bond donors (Lipinski definition) is 1. The Morgan fingerprint density at radius 3 is 2.43 bits per heavy atom. The molecule has 1 saturated heterocycles. The second-order valence-corrected chi connectivity index (χ2v) is 6.57. The summed E-state index contributed by atoms with van der Waals surface area (Å²) in [7, 11) is 0. The summed E-state index contributed by atoms with van der Waals surface area (Å²) in [5, 5.41) is 0. The van der Waals surface area contributed by atoms with E-state index in [1.165, 1.54) is 25.5 Å². The number of amides is 1. The Labute approximate surface area is 135 Å². The minimum Gasteiger partial charge on any atom is -0.382 e. The van der Waals surface area contributed by atoms with E-state index in [9.17, 15) is 4.79 Å². The van der Waals surface area contributed by atoms with Gasteiger partial charge in [0.1, 0.15) is 5.82 Å². The molecule has 1 aromatic heterocycles. The monoisotopic (exact) mass is 308 g/mol. The summed E-state index contributed by atoms with van der Waals surface area (Å²) >= 11 is 0. The first kappa shape index (κ1) is 14.2. The average Bonchev–Trinajstić information content (AvgIpc) is 3.16. The molecule has 4 rings (SSSR count). The van der Waals surface area contributed by atoms with Crippen LogP contribution in [-0.4, -0.2) is 33.9 Å². The van der Waals surface area contributed by atoms with Gasteiger partial charge >= 0.3 is 0 Å². The summed E-state index contributed by atoms with van der Waals surface area (Å²) < 4.78 is 0. The van der Waals surface area contributed by atoms with Crippen molar-refractivity contribution in [3.8, 4) is 11.3 Å². The third-order valence-electron chi connectivity index (χ3n) is 5.09. The standard InChI is InChI=1S/C18H20N4O/c19-17-9-20-8-16(21-17)12-4-6-13(7-5-12)18(23)22-10-14-2-1-3-15(14)11-22/h4-9,14-15H,1-3,10-11H2,(H2,19,21)/t14-,15+. The maximum absolute atomic E-state index is 12.7. The average molecular weight is 308 g/mol. The van der Waals surface area contributed by atoms with Gasteiger partial charge in [-0.15, -0.1) is 0 Å². The number of likely N-dealkylation sites (tertiary alicyclic amines) is 1. The molecule has 2 aromatic rings. The van der Waals surface area contributed by atoms with Gasteiger partial charge in [0.05, 0.1) is 18.1 Å². The molecule has 5 nitrogen and oxygen atoms in total. The minimum absolute atomic E-state index is 0.143. The quantitative estimate of drug-likeness (QED) is 0.925. The lowest BCUT2D eigenvalue weighted by molar-refractivity contribution is 0.0780. The van der Waals surface area contributed by atoms with Crippen molar-refractivity contribution in [1.82, 2.24) is 14.9 Å². The van der Waals surface area contributed by atoms with E-state index in [4.69, 9.17) is 5.73 Å². The van der Waals surface area contributed by atoms with Crippen LogP contribution in [0.4, 0.5) is 5.82 Å². The number of fused-ring (bicyclic) bond motifs is 1. The lowest BCUT2D eigenvalue weighted by atomic mass is 10.0. The van der Waals surface area contributed by atoms with Crippen LogP contribution in [0.1, 0.15) is 29.6 Å². The smallest absolute Gasteiger partial charge is 0.253 e. The first-order chi connectivity index (χ1) is 11.2. The van der Waals surface area contributed by atoms with Crippen LogP contribution in [0.5, 0.6) is 0 Å². The number of nitrogen functional groups attached to an aromatic ring is 1. The number of nitrogens with zero attached hydrogens (tertiary/aromatic N) is 3. The Hall–Kier alpha value is -2.43. The highest BCUT2D eigenvalue weighted by atomic mass is 16.2. The summed E-state index contributed by atoms with van der Waals surface area (Å²) in [5.74, 6) is 1.98. The van der Waals surface area contributed by atoms with Gasteiger partial charge in [-0.2, -0.15) is 0 Å². The topological polar surface area (TPSA) is 72.1 Å². The molecule has 0 unspecified atom stereocenters. The van der Waals surface area contributed by atoms with Crippen LogP contribution in [-0.2, 0) is 0 Å². The largest absolute Gasteiger partial charge is 0.382 e. The highest BCUT2D eigenvalue weighted by molar-refractivity contribution is 5.94. The second-order valence-electron chi connectivity index (χ2n) is 6.57. The molecule has 1 amide bonds. The van der Waals surface area contributed by atoms with Gasteiger partial charge < -0.3 is 10.6 Å². The molecule has 23 heavy (non-hydrogen) atoms. The van der Waals surface area contributed by atoms with E-state index in [1.54, 1.807) is 6.20 Å². The zero-order chi connectivity index (χ0) is 15.8. The summed E-state index contributed by atoms with van der Waals surface area (Å²) in [4.78, 5) is 23.0. The predicted octanol–water partition coefficient (Wildman–Crippen LogP) is 2.60. The Balaban J connectivity index is 1.51. The fraction of sp³-hybridized carbons (Fsp3) is 0.389. The number of benzene rings is 1. The molecule has 0 radical (unpaired) electrons. The third kappa shape index (κ3) is 2.67. The van der Waals surface area contributed by atoms with Gasteiger partial charge in [-0.05, 0) is 36.8 Å². The maximum Gasteiger partial charge on any atom is 0.253 e. The molecule has 118 valence electrons. The molecule has 1 aliphatic carbocycles. The van der Waals surface area contributed by atoms with Crippen molar-refractivity contribution < 1.29 is 4.79 Å². The van der Waals surface area contributed by atoms with E-state index in [2.05, 4.69) is 9.97 Å². The summed E-state index contributed by atoms with van der Waals surface area (Å²) in [5.41, 5.74) is 8.05. The third-order valence-corrected chi connectivity index (χ3v) is 5.09. The van der Waals surface area contributed by atoms with E-state index in [0.717, 1.165) is 41.7 Å². The first-order valence-electron chi connectivity index (χ1n) is 8.18. The lowest BCUT2D eigenvalue weighted by Gasteiger charge is -2.17. The van der Waals surface area contributed by atoms with Crippen LogP contribution < -0.4 is 5.73 Å². The zero-order valence-corrected chi connectivity index (χ0v) is 13.0. The first-order valence-corrected chi connectivity index (χ1v) is 8.18. The van der Waals surface area contributed by atoms with E-state index in [0.29, 0.717) is 5.82 Å². The lowest BCUT2D eigenvalue weighted by Crippen LogP contribution is -2.29. The van der Waals surface area contributed by atoms with Crippen molar-refractivity contribution >= 4 is 11.7 Å². The fourth-order valence-corrected chi connectivity index (χ4v) is 3.89. The van der Waals surface area contributed by atoms with Crippen molar-refractivity contribution in [2.24, 2.45) is 11.8 Å². The zero-order valence-electron chi connectivity index (χ0n) is 13.0. The van der Waals surface area contributed by atoms with Gasteiger partial charge in [0, 0.05) is 24.2 Å². The summed E-state index contributed by atoms with van der Waals surface area (Å²) in [6.45, 7) is 1.85. The Kier molecular flexibility index (Phi) is 3.48. The van der Waals surface area contributed by atoms with E-state index in [-0.39, 0.29) is 5.91 Å². The Morgan fingerprint density at radius 2 is 1.78 bits per heavy atom. The summed E-state index contributed by atoms with van der Waals surface area (Å²) in [6, 6.07) is 7.56. The van der Waals surface area contributed by atoms with Gasteiger partial charge in [0.15, 0.2) is 0 Å². The number of nitrogens with two attached hydrogens (primary N) is 1. The molecule has 2 heterocycles. The molecule has 2 N–H and O–H groups in total. The SMILES string of the molecule is Nc1cncc(-c2ccc(C(=O)N3C[C@H]4CCC[C@H]4C3)cc2)n1. The molecular weight excluding hydrogens is 288 g/mol. The minimum atomic E-state index is 0.143. The molecule has 2 atom stereocenters. The van der Waals surface area contributed by atoms with Crippen molar-refractivity contribution in [3.63, 3.8) is 0 Å². The Bertz CT molecular complexity index is 716. The highest BCUT2D eigenvalue weighted by Crippen LogP contribution is 2.38. The van der Waals surface area contributed by atoms with Gasteiger partial charge in [-0.3, -0.25) is 9.78 Å². The number of hydrogen-bond acceptors (Lipinski definition) is 4. The van der Waals surface area contributed by atoms with E-state index < -0.39 is 0 Å².